The molecule has 0 fully saturated rings. The van der Waals surface area contributed by atoms with Crippen LogP contribution in [0.1, 0.15) is 335 Å². The highest BCUT2D eigenvalue weighted by atomic mass is 16.6. The first-order chi connectivity index (χ1) is 33.5. The first kappa shape index (κ1) is 65.9. The Morgan fingerprint density at radius 1 is 0.279 bits per heavy atom. The van der Waals surface area contributed by atoms with Gasteiger partial charge in [0.25, 0.3) is 0 Å². The monoisotopic (exact) mass is 957 g/mol. The van der Waals surface area contributed by atoms with Gasteiger partial charge in [-0.15, -0.1) is 0 Å². The van der Waals surface area contributed by atoms with E-state index in [0.717, 1.165) is 70.6 Å². The molecule has 6 nitrogen and oxygen atoms in total. The fourth-order valence-electron chi connectivity index (χ4n) is 9.08. The third kappa shape index (κ3) is 54.8. The highest BCUT2D eigenvalue weighted by Crippen LogP contribution is 2.17. The van der Waals surface area contributed by atoms with Crippen molar-refractivity contribution in [2.24, 2.45) is 0 Å². The molecular weight excluding hydrogens is 841 g/mol. The summed E-state index contributed by atoms with van der Waals surface area (Å²) in [6, 6.07) is 0. The first-order valence-electron chi connectivity index (χ1n) is 30.3. The smallest absolute Gasteiger partial charge is 0.306 e. The van der Waals surface area contributed by atoms with Gasteiger partial charge in [-0.1, -0.05) is 270 Å². The number of hydrogen-bond acceptors (Lipinski definition) is 6. The van der Waals surface area contributed by atoms with E-state index in [9.17, 15) is 14.4 Å². The quantitative estimate of drug-likeness (QED) is 0.0262. The molecule has 0 aromatic carbocycles. The number of esters is 3. The van der Waals surface area contributed by atoms with Crippen LogP contribution < -0.4 is 0 Å². The van der Waals surface area contributed by atoms with Gasteiger partial charge in [0.15, 0.2) is 6.10 Å². The minimum Gasteiger partial charge on any atom is -0.462 e. The maximum Gasteiger partial charge on any atom is 0.306 e. The fourth-order valence-corrected chi connectivity index (χ4v) is 9.08. The molecule has 1 atom stereocenters. The van der Waals surface area contributed by atoms with Crippen molar-refractivity contribution < 1.29 is 28.6 Å². The lowest BCUT2D eigenvalue weighted by atomic mass is 10.0. The Kier molecular flexibility index (Phi) is 55.7. The maximum absolute atomic E-state index is 12.9. The van der Waals surface area contributed by atoms with E-state index in [-0.39, 0.29) is 31.1 Å². The SMILES string of the molecule is CCCCCCCC/C=C\CCCCCCCC(=O)OC[C@H](COC(=O)CCCCCCCCCCCCCCCCCCCCC)OC(=O)CCCCCCC/C=C\CCCCCCCCC. The molecule has 0 aromatic heterocycles. The summed E-state index contributed by atoms with van der Waals surface area (Å²) in [4.78, 5) is 38.2. The Bertz CT molecular complexity index is 1100. The van der Waals surface area contributed by atoms with Crippen LogP contribution in [-0.2, 0) is 28.6 Å². The van der Waals surface area contributed by atoms with Crippen LogP contribution in [-0.4, -0.2) is 37.2 Å². The molecule has 0 amide bonds. The molecule has 68 heavy (non-hydrogen) atoms. The summed E-state index contributed by atoms with van der Waals surface area (Å²) >= 11 is 0. The molecule has 0 N–H and O–H groups in total. The predicted octanol–water partition coefficient (Wildman–Crippen LogP) is 20.3. The molecule has 0 saturated heterocycles. The molecule has 0 rings (SSSR count). The van der Waals surface area contributed by atoms with Crippen LogP contribution in [0.4, 0.5) is 0 Å². The Morgan fingerprint density at radius 2 is 0.485 bits per heavy atom. The van der Waals surface area contributed by atoms with Gasteiger partial charge in [0, 0.05) is 19.3 Å². The summed E-state index contributed by atoms with van der Waals surface area (Å²) in [5, 5.41) is 0. The lowest BCUT2D eigenvalue weighted by molar-refractivity contribution is -0.167. The van der Waals surface area contributed by atoms with E-state index in [4.69, 9.17) is 14.2 Å². The summed E-state index contributed by atoms with van der Waals surface area (Å²) in [6.45, 7) is 6.67. The Labute approximate surface area is 423 Å². The fraction of sp³-hybridized carbons (Fsp3) is 0.887. The van der Waals surface area contributed by atoms with E-state index in [1.54, 1.807) is 0 Å². The third-order valence-corrected chi connectivity index (χ3v) is 13.7. The largest absolute Gasteiger partial charge is 0.462 e. The maximum atomic E-state index is 12.9. The molecular formula is C62H116O6. The van der Waals surface area contributed by atoms with Crippen molar-refractivity contribution in [2.45, 2.75) is 341 Å². The number of allylic oxidation sites excluding steroid dienone is 4. The van der Waals surface area contributed by atoms with Crippen LogP contribution in [0.15, 0.2) is 24.3 Å². The second-order valence-electron chi connectivity index (χ2n) is 20.6. The van der Waals surface area contributed by atoms with Crippen molar-refractivity contribution in [2.75, 3.05) is 13.2 Å². The number of hydrogen-bond donors (Lipinski definition) is 0. The van der Waals surface area contributed by atoms with Crippen molar-refractivity contribution in [3.8, 4) is 0 Å². The molecule has 0 unspecified atom stereocenters. The minimum absolute atomic E-state index is 0.0726. The van der Waals surface area contributed by atoms with Gasteiger partial charge in [0.1, 0.15) is 13.2 Å². The average molecular weight is 958 g/mol. The molecule has 0 radical (unpaired) electrons. The van der Waals surface area contributed by atoms with Crippen molar-refractivity contribution in [1.29, 1.82) is 0 Å². The van der Waals surface area contributed by atoms with Gasteiger partial charge in [0.2, 0.25) is 0 Å². The number of carbonyl (C=O) groups is 3. The normalized spacial score (nSPS) is 12.1. The van der Waals surface area contributed by atoms with Crippen molar-refractivity contribution in [3.05, 3.63) is 24.3 Å². The molecule has 0 aliphatic rings. The third-order valence-electron chi connectivity index (χ3n) is 13.7. The van der Waals surface area contributed by atoms with E-state index >= 15 is 0 Å². The molecule has 6 heteroatoms. The highest BCUT2D eigenvalue weighted by Gasteiger charge is 2.19. The number of carbonyl (C=O) groups excluding carboxylic acids is 3. The summed E-state index contributed by atoms with van der Waals surface area (Å²) in [5.41, 5.74) is 0. The molecule has 0 spiro atoms. The Balaban J connectivity index is 4.33. The molecule has 0 heterocycles. The number of ether oxygens (including phenoxy) is 3. The second-order valence-corrected chi connectivity index (χ2v) is 20.6. The van der Waals surface area contributed by atoms with Gasteiger partial charge < -0.3 is 14.2 Å². The second kappa shape index (κ2) is 57.5. The lowest BCUT2D eigenvalue weighted by Gasteiger charge is -2.18. The van der Waals surface area contributed by atoms with E-state index in [2.05, 4.69) is 45.1 Å². The standard InChI is InChI=1S/C62H116O6/c1-4-7-10-13-16-19-22-25-28-30-31-32-35-37-40-43-46-49-52-55-61(64)67-58-59(57-66-60(63)54-51-48-45-42-39-36-33-27-24-21-18-15-12-9-6-3)68-62(65)56-53-50-47-44-41-38-34-29-26-23-20-17-14-11-8-5-2/h27,29,33-34,59H,4-26,28,30-32,35-58H2,1-3H3/b33-27-,34-29-/t59-/m1/s1. The van der Waals surface area contributed by atoms with Gasteiger partial charge in [0.05, 0.1) is 0 Å². The van der Waals surface area contributed by atoms with Gasteiger partial charge in [-0.3, -0.25) is 14.4 Å². The van der Waals surface area contributed by atoms with Crippen LogP contribution in [0.25, 0.3) is 0 Å². The van der Waals surface area contributed by atoms with Crippen molar-refractivity contribution >= 4 is 17.9 Å². The zero-order chi connectivity index (χ0) is 49.3. The van der Waals surface area contributed by atoms with Crippen molar-refractivity contribution in [3.63, 3.8) is 0 Å². The lowest BCUT2D eigenvalue weighted by Crippen LogP contribution is -2.30. The van der Waals surface area contributed by atoms with Gasteiger partial charge in [-0.2, -0.15) is 0 Å². The van der Waals surface area contributed by atoms with Crippen LogP contribution in [0.3, 0.4) is 0 Å². The van der Waals surface area contributed by atoms with Crippen LogP contribution in [0.5, 0.6) is 0 Å². The topological polar surface area (TPSA) is 78.9 Å². The summed E-state index contributed by atoms with van der Waals surface area (Å²) in [6.07, 6.45) is 67.4. The molecule has 0 bridgehead atoms. The molecule has 400 valence electrons. The van der Waals surface area contributed by atoms with Gasteiger partial charge in [-0.05, 0) is 70.6 Å². The molecule has 0 saturated carbocycles. The van der Waals surface area contributed by atoms with E-state index < -0.39 is 6.10 Å². The first-order valence-corrected chi connectivity index (χ1v) is 30.3. The van der Waals surface area contributed by atoms with Crippen LogP contribution in [0, 0.1) is 0 Å². The zero-order valence-electron chi connectivity index (χ0n) is 45.9. The van der Waals surface area contributed by atoms with Gasteiger partial charge >= 0.3 is 17.9 Å². The van der Waals surface area contributed by atoms with E-state index in [0.29, 0.717) is 19.3 Å². The molecule has 0 aromatic rings. The van der Waals surface area contributed by atoms with E-state index in [1.165, 1.54) is 225 Å². The molecule has 0 aliphatic heterocycles. The van der Waals surface area contributed by atoms with Gasteiger partial charge in [-0.25, -0.2) is 0 Å². The molecule has 0 aliphatic carbocycles. The minimum atomic E-state index is -0.775. The Morgan fingerprint density at radius 3 is 0.735 bits per heavy atom. The summed E-state index contributed by atoms with van der Waals surface area (Å²) in [5.74, 6) is -0.867. The Hall–Kier alpha value is -2.11. The zero-order valence-corrected chi connectivity index (χ0v) is 45.9. The number of unbranched alkanes of at least 4 members (excludes halogenated alkanes) is 41. The number of rotatable bonds is 56. The van der Waals surface area contributed by atoms with E-state index in [1.807, 2.05) is 0 Å². The average Bonchev–Trinajstić information content (AvgIpc) is 3.34. The summed E-state index contributed by atoms with van der Waals surface area (Å²) < 4.78 is 16.9. The van der Waals surface area contributed by atoms with Crippen LogP contribution in [0.2, 0.25) is 0 Å². The predicted molar refractivity (Wildman–Crippen MR) is 293 cm³/mol. The van der Waals surface area contributed by atoms with Crippen LogP contribution >= 0.6 is 0 Å². The highest BCUT2D eigenvalue weighted by molar-refractivity contribution is 5.71. The summed E-state index contributed by atoms with van der Waals surface area (Å²) in [7, 11) is 0. The van der Waals surface area contributed by atoms with Crippen molar-refractivity contribution in [1.82, 2.24) is 0 Å².